The molecule has 0 saturated carbocycles. The SMILES string of the molecule is Nc1cc(NC(=O)C2CCOCC2)ccc1F. The molecule has 1 aromatic carbocycles. The lowest BCUT2D eigenvalue weighted by atomic mass is 9.99. The second kappa shape index (κ2) is 5.14. The van der Waals surface area contributed by atoms with Crippen LogP contribution in [0.5, 0.6) is 0 Å². The van der Waals surface area contributed by atoms with Crippen LogP contribution in [0.25, 0.3) is 0 Å². The minimum absolute atomic E-state index is 0.0324. The normalized spacial score (nSPS) is 16.8. The summed E-state index contributed by atoms with van der Waals surface area (Å²) in [5, 5.41) is 2.74. The van der Waals surface area contributed by atoms with Gasteiger partial charge < -0.3 is 15.8 Å². The van der Waals surface area contributed by atoms with Crippen molar-refractivity contribution in [3.05, 3.63) is 24.0 Å². The van der Waals surface area contributed by atoms with Crippen molar-refractivity contribution in [2.75, 3.05) is 24.3 Å². The molecule has 5 heteroatoms. The van der Waals surface area contributed by atoms with E-state index in [1.165, 1.54) is 18.2 Å². The molecule has 1 fully saturated rings. The van der Waals surface area contributed by atoms with Gasteiger partial charge in [0.15, 0.2) is 0 Å². The van der Waals surface area contributed by atoms with E-state index < -0.39 is 5.82 Å². The predicted molar refractivity (Wildman–Crippen MR) is 63.0 cm³/mol. The minimum Gasteiger partial charge on any atom is -0.396 e. The third kappa shape index (κ3) is 2.94. The highest BCUT2D eigenvalue weighted by molar-refractivity contribution is 5.93. The summed E-state index contributed by atoms with van der Waals surface area (Å²) in [7, 11) is 0. The quantitative estimate of drug-likeness (QED) is 0.772. The van der Waals surface area contributed by atoms with E-state index in [2.05, 4.69) is 5.32 Å². The number of benzene rings is 1. The lowest BCUT2D eigenvalue weighted by Gasteiger charge is -2.21. The van der Waals surface area contributed by atoms with Gasteiger partial charge in [-0.15, -0.1) is 0 Å². The first-order chi connectivity index (χ1) is 8.16. The van der Waals surface area contributed by atoms with Crippen molar-refractivity contribution in [1.29, 1.82) is 0 Å². The lowest BCUT2D eigenvalue weighted by Crippen LogP contribution is -2.28. The first-order valence-corrected chi connectivity index (χ1v) is 5.60. The maximum atomic E-state index is 12.9. The smallest absolute Gasteiger partial charge is 0.227 e. The Balaban J connectivity index is 1.99. The molecule has 1 amide bonds. The molecule has 0 unspecified atom stereocenters. The molecule has 2 rings (SSSR count). The molecule has 0 aliphatic carbocycles. The van der Waals surface area contributed by atoms with Crippen LogP contribution < -0.4 is 11.1 Å². The summed E-state index contributed by atoms with van der Waals surface area (Å²) in [6, 6.07) is 4.17. The van der Waals surface area contributed by atoms with Crippen molar-refractivity contribution in [3.8, 4) is 0 Å². The van der Waals surface area contributed by atoms with Crippen molar-refractivity contribution in [1.82, 2.24) is 0 Å². The first-order valence-electron chi connectivity index (χ1n) is 5.60. The maximum Gasteiger partial charge on any atom is 0.227 e. The third-order valence-electron chi connectivity index (χ3n) is 2.86. The van der Waals surface area contributed by atoms with Gasteiger partial charge in [-0.1, -0.05) is 0 Å². The summed E-state index contributed by atoms with van der Waals surface area (Å²) in [6.07, 6.45) is 1.45. The average Bonchev–Trinajstić information content (AvgIpc) is 2.35. The van der Waals surface area contributed by atoms with Gasteiger partial charge in [-0.3, -0.25) is 4.79 Å². The van der Waals surface area contributed by atoms with Crippen LogP contribution in [0.3, 0.4) is 0 Å². The number of rotatable bonds is 2. The van der Waals surface area contributed by atoms with Crippen molar-refractivity contribution >= 4 is 17.3 Å². The molecule has 1 aliphatic rings. The van der Waals surface area contributed by atoms with Crippen LogP contribution in [0, 0.1) is 11.7 Å². The molecular formula is C12H15FN2O2. The maximum absolute atomic E-state index is 12.9. The van der Waals surface area contributed by atoms with Gasteiger partial charge in [-0.2, -0.15) is 0 Å². The van der Waals surface area contributed by atoms with Gasteiger partial charge in [-0.05, 0) is 31.0 Å². The number of nitrogens with two attached hydrogens (primary N) is 1. The summed E-state index contributed by atoms with van der Waals surface area (Å²) in [5.74, 6) is -0.566. The summed E-state index contributed by atoms with van der Waals surface area (Å²) < 4.78 is 18.1. The van der Waals surface area contributed by atoms with Crippen LogP contribution >= 0.6 is 0 Å². The summed E-state index contributed by atoms with van der Waals surface area (Å²) in [6.45, 7) is 1.23. The van der Waals surface area contributed by atoms with E-state index in [1.54, 1.807) is 0 Å². The number of halogens is 1. The number of hydrogen-bond donors (Lipinski definition) is 2. The largest absolute Gasteiger partial charge is 0.396 e. The van der Waals surface area contributed by atoms with E-state index in [9.17, 15) is 9.18 Å². The molecule has 1 aromatic rings. The molecule has 4 nitrogen and oxygen atoms in total. The lowest BCUT2D eigenvalue weighted by molar-refractivity contribution is -0.122. The van der Waals surface area contributed by atoms with E-state index in [0.717, 1.165) is 12.8 Å². The fourth-order valence-electron chi connectivity index (χ4n) is 1.83. The highest BCUT2D eigenvalue weighted by Gasteiger charge is 2.21. The van der Waals surface area contributed by atoms with Crippen LogP contribution in [0.15, 0.2) is 18.2 Å². The predicted octanol–water partition coefficient (Wildman–Crippen LogP) is 1.77. The fourth-order valence-corrected chi connectivity index (χ4v) is 1.83. The van der Waals surface area contributed by atoms with Crippen molar-refractivity contribution in [2.24, 2.45) is 5.92 Å². The summed E-state index contributed by atoms with van der Waals surface area (Å²) in [4.78, 5) is 11.9. The fraction of sp³-hybridized carbons (Fsp3) is 0.417. The van der Waals surface area contributed by atoms with E-state index in [4.69, 9.17) is 10.5 Å². The molecule has 0 bridgehead atoms. The van der Waals surface area contributed by atoms with Crippen LogP contribution in [0.2, 0.25) is 0 Å². The molecule has 0 aromatic heterocycles. The van der Waals surface area contributed by atoms with Gasteiger partial charge in [0.05, 0.1) is 5.69 Å². The second-order valence-electron chi connectivity index (χ2n) is 4.11. The number of amides is 1. The molecule has 1 aliphatic heterocycles. The molecule has 92 valence electrons. The number of anilines is 2. The van der Waals surface area contributed by atoms with Gasteiger partial charge >= 0.3 is 0 Å². The standard InChI is InChI=1S/C12H15FN2O2/c13-10-2-1-9(7-11(10)14)15-12(16)8-3-5-17-6-4-8/h1-2,7-8H,3-6,14H2,(H,15,16). The Labute approximate surface area is 98.9 Å². The number of hydrogen-bond acceptors (Lipinski definition) is 3. The second-order valence-corrected chi connectivity index (χ2v) is 4.11. The molecule has 0 atom stereocenters. The zero-order valence-corrected chi connectivity index (χ0v) is 9.41. The zero-order valence-electron chi connectivity index (χ0n) is 9.41. The Hall–Kier alpha value is -1.62. The molecule has 1 heterocycles. The molecule has 17 heavy (non-hydrogen) atoms. The van der Waals surface area contributed by atoms with Gasteiger partial charge in [0.1, 0.15) is 5.82 Å². The Morgan fingerprint density at radius 2 is 2.12 bits per heavy atom. The van der Waals surface area contributed by atoms with Crippen molar-refractivity contribution in [2.45, 2.75) is 12.8 Å². The molecule has 1 saturated heterocycles. The van der Waals surface area contributed by atoms with E-state index >= 15 is 0 Å². The number of nitrogens with one attached hydrogen (secondary N) is 1. The summed E-state index contributed by atoms with van der Waals surface area (Å²) in [5.41, 5.74) is 5.99. The van der Waals surface area contributed by atoms with Crippen LogP contribution in [0.1, 0.15) is 12.8 Å². The van der Waals surface area contributed by atoms with Gasteiger partial charge in [0.25, 0.3) is 0 Å². The Kier molecular flexibility index (Phi) is 3.58. The van der Waals surface area contributed by atoms with Crippen LogP contribution in [-0.4, -0.2) is 19.1 Å². The highest BCUT2D eigenvalue weighted by Crippen LogP contribution is 2.20. The average molecular weight is 238 g/mol. The molecule has 0 radical (unpaired) electrons. The number of nitrogen functional groups attached to an aromatic ring is 1. The Morgan fingerprint density at radius 1 is 1.41 bits per heavy atom. The van der Waals surface area contributed by atoms with E-state index in [0.29, 0.717) is 18.9 Å². The van der Waals surface area contributed by atoms with Crippen molar-refractivity contribution in [3.63, 3.8) is 0 Å². The highest BCUT2D eigenvalue weighted by atomic mass is 19.1. The van der Waals surface area contributed by atoms with E-state index in [1.807, 2.05) is 0 Å². The molecular weight excluding hydrogens is 223 g/mol. The first kappa shape index (κ1) is 11.9. The topological polar surface area (TPSA) is 64.3 Å². The number of ether oxygens (including phenoxy) is 1. The van der Waals surface area contributed by atoms with Crippen LogP contribution in [-0.2, 0) is 9.53 Å². The monoisotopic (exact) mass is 238 g/mol. The third-order valence-corrected chi connectivity index (χ3v) is 2.86. The molecule has 0 spiro atoms. The Morgan fingerprint density at radius 3 is 2.76 bits per heavy atom. The number of carbonyl (C=O) groups is 1. The van der Waals surface area contributed by atoms with Gasteiger partial charge in [-0.25, -0.2) is 4.39 Å². The Bertz CT molecular complexity index is 417. The zero-order chi connectivity index (χ0) is 12.3. The summed E-state index contributed by atoms with van der Waals surface area (Å²) >= 11 is 0. The van der Waals surface area contributed by atoms with E-state index in [-0.39, 0.29) is 17.5 Å². The van der Waals surface area contributed by atoms with Crippen LogP contribution in [0.4, 0.5) is 15.8 Å². The van der Waals surface area contributed by atoms with Gasteiger partial charge in [0.2, 0.25) is 5.91 Å². The minimum atomic E-state index is -0.478. The van der Waals surface area contributed by atoms with Gasteiger partial charge in [0, 0.05) is 24.8 Å². The molecule has 3 N–H and O–H groups in total. The van der Waals surface area contributed by atoms with Crippen molar-refractivity contribution < 1.29 is 13.9 Å². The number of carbonyl (C=O) groups excluding carboxylic acids is 1.